The molecular formula is C16H21ClN4O2. The lowest BCUT2D eigenvalue weighted by Crippen LogP contribution is -2.47. The standard InChI is InChI=1S/C16H21ClN4O2/c1-22-12-15-18-16(23-19-15)5-6-20-7-9-21(10-8-20)14-4-2-3-13(17)11-14/h2-4,11H,5-10,12H2,1H3. The Bertz CT molecular complexity index is 626. The molecule has 0 radical (unpaired) electrons. The number of rotatable bonds is 6. The summed E-state index contributed by atoms with van der Waals surface area (Å²) in [5, 5.41) is 4.66. The molecule has 1 aliphatic heterocycles. The van der Waals surface area contributed by atoms with E-state index < -0.39 is 0 Å². The van der Waals surface area contributed by atoms with Crippen molar-refractivity contribution in [3.63, 3.8) is 0 Å². The molecule has 0 atom stereocenters. The molecule has 0 unspecified atom stereocenters. The van der Waals surface area contributed by atoms with Gasteiger partial charge in [0.25, 0.3) is 0 Å². The topological polar surface area (TPSA) is 54.6 Å². The van der Waals surface area contributed by atoms with E-state index in [0.717, 1.165) is 44.2 Å². The first-order chi connectivity index (χ1) is 11.2. The van der Waals surface area contributed by atoms with Gasteiger partial charge in [0.15, 0.2) is 5.82 Å². The van der Waals surface area contributed by atoms with E-state index in [0.29, 0.717) is 18.3 Å². The Kier molecular flexibility index (Phi) is 5.48. The van der Waals surface area contributed by atoms with Crippen molar-refractivity contribution in [2.75, 3.05) is 44.7 Å². The summed E-state index contributed by atoms with van der Waals surface area (Å²) < 4.78 is 10.2. The Hall–Kier alpha value is -1.63. The first kappa shape index (κ1) is 16.2. The maximum Gasteiger partial charge on any atom is 0.228 e. The SMILES string of the molecule is COCc1noc(CCN2CCN(c3cccc(Cl)c3)CC2)n1. The van der Waals surface area contributed by atoms with Gasteiger partial charge in [0.1, 0.15) is 6.61 Å². The minimum atomic E-state index is 0.391. The molecule has 0 aliphatic carbocycles. The van der Waals surface area contributed by atoms with Crippen molar-refractivity contribution in [1.29, 1.82) is 0 Å². The zero-order chi connectivity index (χ0) is 16.1. The molecule has 6 nitrogen and oxygen atoms in total. The van der Waals surface area contributed by atoms with E-state index >= 15 is 0 Å². The number of halogens is 1. The van der Waals surface area contributed by atoms with Crippen LogP contribution >= 0.6 is 11.6 Å². The van der Waals surface area contributed by atoms with Crippen LogP contribution in [0, 0.1) is 0 Å². The first-order valence-corrected chi connectivity index (χ1v) is 8.15. The highest BCUT2D eigenvalue weighted by atomic mass is 35.5. The van der Waals surface area contributed by atoms with Crippen LogP contribution in [0.3, 0.4) is 0 Å². The van der Waals surface area contributed by atoms with Crippen molar-refractivity contribution in [2.24, 2.45) is 0 Å². The molecule has 7 heteroatoms. The van der Waals surface area contributed by atoms with E-state index in [1.54, 1.807) is 7.11 Å². The molecule has 3 rings (SSSR count). The van der Waals surface area contributed by atoms with E-state index in [1.165, 1.54) is 5.69 Å². The molecule has 1 aromatic heterocycles. The predicted molar refractivity (Wildman–Crippen MR) is 88.8 cm³/mol. The summed E-state index contributed by atoms with van der Waals surface area (Å²) in [7, 11) is 1.62. The molecule has 1 aromatic carbocycles. The van der Waals surface area contributed by atoms with Gasteiger partial charge in [0, 0.05) is 57.0 Å². The van der Waals surface area contributed by atoms with E-state index in [9.17, 15) is 0 Å². The Morgan fingerprint density at radius 2 is 2.09 bits per heavy atom. The smallest absolute Gasteiger partial charge is 0.228 e. The third-order valence-electron chi connectivity index (χ3n) is 3.97. The maximum absolute atomic E-state index is 6.07. The van der Waals surface area contributed by atoms with Gasteiger partial charge in [-0.05, 0) is 18.2 Å². The molecule has 1 fully saturated rings. The average Bonchev–Trinajstić information content (AvgIpc) is 3.01. The Morgan fingerprint density at radius 1 is 1.26 bits per heavy atom. The van der Waals surface area contributed by atoms with Gasteiger partial charge in [-0.3, -0.25) is 4.90 Å². The summed E-state index contributed by atoms with van der Waals surface area (Å²) in [6.07, 6.45) is 0.772. The lowest BCUT2D eigenvalue weighted by molar-refractivity contribution is 0.174. The number of methoxy groups -OCH3 is 1. The first-order valence-electron chi connectivity index (χ1n) is 7.78. The third kappa shape index (κ3) is 4.43. The van der Waals surface area contributed by atoms with Crippen molar-refractivity contribution in [2.45, 2.75) is 13.0 Å². The van der Waals surface area contributed by atoms with E-state index in [1.807, 2.05) is 18.2 Å². The fraction of sp³-hybridized carbons (Fsp3) is 0.500. The molecule has 0 spiro atoms. The van der Waals surface area contributed by atoms with Crippen molar-refractivity contribution in [3.8, 4) is 0 Å². The molecule has 1 saturated heterocycles. The predicted octanol–water partition coefficient (Wildman–Crippen LogP) is 2.23. The second kappa shape index (κ2) is 7.77. The van der Waals surface area contributed by atoms with Crippen LogP contribution in [0.1, 0.15) is 11.7 Å². The molecular weight excluding hydrogens is 316 g/mol. The minimum Gasteiger partial charge on any atom is -0.377 e. The van der Waals surface area contributed by atoms with Gasteiger partial charge in [0.2, 0.25) is 5.89 Å². The number of aromatic nitrogens is 2. The van der Waals surface area contributed by atoms with Crippen molar-refractivity contribution in [1.82, 2.24) is 15.0 Å². The molecule has 2 heterocycles. The molecule has 0 bridgehead atoms. The van der Waals surface area contributed by atoms with Gasteiger partial charge >= 0.3 is 0 Å². The fourth-order valence-electron chi connectivity index (χ4n) is 2.74. The van der Waals surface area contributed by atoms with Crippen LogP contribution < -0.4 is 4.90 Å². The van der Waals surface area contributed by atoms with Crippen LogP contribution in [0.25, 0.3) is 0 Å². The minimum absolute atomic E-state index is 0.391. The van der Waals surface area contributed by atoms with Crippen LogP contribution in [-0.2, 0) is 17.8 Å². The quantitative estimate of drug-likeness (QED) is 0.806. The molecule has 124 valence electrons. The normalized spacial score (nSPS) is 16.0. The fourth-order valence-corrected chi connectivity index (χ4v) is 2.92. The second-order valence-corrected chi connectivity index (χ2v) is 6.03. The van der Waals surface area contributed by atoms with Gasteiger partial charge in [-0.2, -0.15) is 4.98 Å². The van der Waals surface area contributed by atoms with Gasteiger partial charge in [0.05, 0.1) is 0 Å². The largest absolute Gasteiger partial charge is 0.377 e. The molecule has 0 N–H and O–H groups in total. The van der Waals surface area contributed by atoms with Crippen LogP contribution in [0.2, 0.25) is 5.02 Å². The average molecular weight is 337 g/mol. The van der Waals surface area contributed by atoms with E-state index in [4.69, 9.17) is 20.9 Å². The van der Waals surface area contributed by atoms with Crippen molar-refractivity contribution in [3.05, 3.63) is 41.0 Å². The Labute approximate surface area is 141 Å². The number of piperazine rings is 1. The molecule has 0 saturated carbocycles. The Morgan fingerprint density at radius 3 is 2.83 bits per heavy atom. The van der Waals surface area contributed by atoms with E-state index in [2.05, 4.69) is 26.0 Å². The number of nitrogens with zero attached hydrogens (tertiary/aromatic N) is 4. The summed E-state index contributed by atoms with van der Waals surface area (Å²) in [5.74, 6) is 1.28. The Balaban J connectivity index is 1.45. The monoisotopic (exact) mass is 336 g/mol. The summed E-state index contributed by atoms with van der Waals surface area (Å²) in [4.78, 5) is 9.09. The number of anilines is 1. The number of ether oxygens (including phenoxy) is 1. The van der Waals surface area contributed by atoms with Crippen LogP contribution in [0.4, 0.5) is 5.69 Å². The second-order valence-electron chi connectivity index (χ2n) is 5.60. The highest BCUT2D eigenvalue weighted by Gasteiger charge is 2.18. The van der Waals surface area contributed by atoms with Crippen molar-refractivity contribution >= 4 is 17.3 Å². The molecule has 0 amide bonds. The summed E-state index contributed by atoms with van der Waals surface area (Å²) in [5.41, 5.74) is 1.19. The number of hydrogen-bond acceptors (Lipinski definition) is 6. The van der Waals surface area contributed by atoms with Gasteiger partial charge < -0.3 is 14.2 Å². The van der Waals surface area contributed by atoms with Crippen LogP contribution in [-0.4, -0.2) is 54.9 Å². The summed E-state index contributed by atoms with van der Waals surface area (Å²) in [6.45, 7) is 5.36. The third-order valence-corrected chi connectivity index (χ3v) is 4.21. The number of hydrogen-bond donors (Lipinski definition) is 0. The van der Waals surface area contributed by atoms with Gasteiger partial charge in [-0.1, -0.05) is 22.8 Å². The summed E-state index contributed by atoms with van der Waals surface area (Å²) >= 11 is 6.07. The number of benzene rings is 1. The van der Waals surface area contributed by atoms with Gasteiger partial charge in [-0.25, -0.2) is 0 Å². The lowest BCUT2D eigenvalue weighted by Gasteiger charge is -2.36. The zero-order valence-corrected chi connectivity index (χ0v) is 14.0. The summed E-state index contributed by atoms with van der Waals surface area (Å²) in [6, 6.07) is 8.03. The molecule has 1 aliphatic rings. The lowest BCUT2D eigenvalue weighted by atomic mass is 10.2. The van der Waals surface area contributed by atoms with Gasteiger partial charge in [-0.15, -0.1) is 0 Å². The maximum atomic E-state index is 6.07. The highest BCUT2D eigenvalue weighted by molar-refractivity contribution is 6.30. The molecule has 23 heavy (non-hydrogen) atoms. The molecule has 2 aromatic rings. The van der Waals surface area contributed by atoms with Crippen LogP contribution in [0.5, 0.6) is 0 Å². The van der Waals surface area contributed by atoms with Crippen LogP contribution in [0.15, 0.2) is 28.8 Å². The zero-order valence-electron chi connectivity index (χ0n) is 13.2. The van der Waals surface area contributed by atoms with E-state index in [-0.39, 0.29) is 0 Å². The van der Waals surface area contributed by atoms with Crippen molar-refractivity contribution < 1.29 is 9.26 Å². The highest BCUT2D eigenvalue weighted by Crippen LogP contribution is 2.20.